The molecule has 7 heteroatoms. The number of aromatic nitrogens is 2. The standard InChI is InChI=1S/C21H15ClN2O3S/c1-12-17(14-5-7-16(22)8-6-14)18-19(28-12)23-11-24(20(18)25)10-13-3-2-4-15(9-13)21(26)27/h2-9,11H,10H2,1H3,(H,26,27). The SMILES string of the molecule is Cc1sc2ncn(Cc3cccc(C(=O)O)c3)c(=O)c2c1-c1ccc(Cl)cc1. The van der Waals surface area contributed by atoms with E-state index in [0.717, 1.165) is 21.6 Å². The highest BCUT2D eigenvalue weighted by molar-refractivity contribution is 7.19. The van der Waals surface area contributed by atoms with Crippen molar-refractivity contribution in [2.24, 2.45) is 0 Å². The minimum absolute atomic E-state index is 0.153. The van der Waals surface area contributed by atoms with Crippen LogP contribution in [-0.2, 0) is 6.54 Å². The topological polar surface area (TPSA) is 72.2 Å². The maximum Gasteiger partial charge on any atom is 0.335 e. The van der Waals surface area contributed by atoms with Crippen LogP contribution in [0, 0.1) is 6.92 Å². The lowest BCUT2D eigenvalue weighted by Crippen LogP contribution is -2.21. The molecule has 0 amide bonds. The van der Waals surface area contributed by atoms with Gasteiger partial charge in [-0.05, 0) is 42.3 Å². The number of fused-ring (bicyclic) bond motifs is 1. The zero-order valence-electron chi connectivity index (χ0n) is 14.8. The van der Waals surface area contributed by atoms with Gasteiger partial charge in [0.05, 0.1) is 23.8 Å². The number of rotatable bonds is 4. The zero-order chi connectivity index (χ0) is 19.8. The third kappa shape index (κ3) is 3.32. The molecule has 0 aliphatic rings. The molecule has 4 aromatic rings. The van der Waals surface area contributed by atoms with E-state index in [1.54, 1.807) is 30.3 Å². The quantitative estimate of drug-likeness (QED) is 0.522. The Labute approximate surface area is 169 Å². The minimum atomic E-state index is -0.999. The Morgan fingerprint density at radius 2 is 1.96 bits per heavy atom. The molecule has 0 atom stereocenters. The summed E-state index contributed by atoms with van der Waals surface area (Å²) in [6.07, 6.45) is 1.51. The molecule has 0 spiro atoms. The number of benzene rings is 2. The smallest absolute Gasteiger partial charge is 0.335 e. The number of carbonyl (C=O) groups is 1. The van der Waals surface area contributed by atoms with Gasteiger partial charge in [-0.3, -0.25) is 9.36 Å². The average Bonchev–Trinajstić information content (AvgIpc) is 3.02. The van der Waals surface area contributed by atoms with E-state index in [2.05, 4.69) is 4.98 Å². The van der Waals surface area contributed by atoms with Crippen molar-refractivity contribution in [3.05, 3.63) is 86.2 Å². The molecule has 1 N–H and O–H groups in total. The molecule has 5 nitrogen and oxygen atoms in total. The van der Waals surface area contributed by atoms with Crippen LogP contribution in [-0.4, -0.2) is 20.6 Å². The second-order valence-corrected chi connectivity index (χ2v) is 8.04. The number of thiophene rings is 1. The molecule has 28 heavy (non-hydrogen) atoms. The summed E-state index contributed by atoms with van der Waals surface area (Å²) in [7, 11) is 0. The van der Waals surface area contributed by atoms with Crippen LogP contribution in [0.15, 0.2) is 59.7 Å². The van der Waals surface area contributed by atoms with E-state index in [4.69, 9.17) is 16.7 Å². The highest BCUT2D eigenvalue weighted by Gasteiger charge is 2.17. The molecule has 0 saturated carbocycles. The number of hydrogen-bond donors (Lipinski definition) is 1. The van der Waals surface area contributed by atoms with Gasteiger partial charge in [0.15, 0.2) is 0 Å². The molecular formula is C21H15ClN2O3S. The first-order chi connectivity index (χ1) is 13.4. The monoisotopic (exact) mass is 410 g/mol. The van der Waals surface area contributed by atoms with Crippen molar-refractivity contribution in [3.63, 3.8) is 0 Å². The summed E-state index contributed by atoms with van der Waals surface area (Å²) < 4.78 is 1.51. The van der Waals surface area contributed by atoms with Crippen LogP contribution in [0.4, 0.5) is 0 Å². The van der Waals surface area contributed by atoms with Gasteiger partial charge in [0, 0.05) is 15.5 Å². The van der Waals surface area contributed by atoms with Gasteiger partial charge in [0.1, 0.15) is 4.83 Å². The average molecular weight is 411 g/mol. The fraction of sp³-hybridized carbons (Fsp3) is 0.0952. The highest BCUT2D eigenvalue weighted by Crippen LogP contribution is 2.35. The van der Waals surface area contributed by atoms with Gasteiger partial charge in [-0.2, -0.15) is 0 Å². The number of halogens is 1. The number of nitrogens with zero attached hydrogens (tertiary/aromatic N) is 2. The zero-order valence-corrected chi connectivity index (χ0v) is 16.4. The highest BCUT2D eigenvalue weighted by atomic mass is 35.5. The number of carboxylic acids is 1. The molecular weight excluding hydrogens is 396 g/mol. The minimum Gasteiger partial charge on any atom is -0.478 e. The van der Waals surface area contributed by atoms with Gasteiger partial charge in [0.25, 0.3) is 5.56 Å². The Bertz CT molecular complexity index is 1260. The van der Waals surface area contributed by atoms with Crippen LogP contribution in [0.5, 0.6) is 0 Å². The second-order valence-electron chi connectivity index (χ2n) is 6.40. The Kier molecular flexibility index (Phi) is 4.75. The molecule has 0 aliphatic heterocycles. The van der Waals surface area contributed by atoms with Crippen LogP contribution < -0.4 is 5.56 Å². The van der Waals surface area contributed by atoms with Crippen LogP contribution in [0.2, 0.25) is 5.02 Å². The maximum absolute atomic E-state index is 13.2. The van der Waals surface area contributed by atoms with E-state index in [-0.39, 0.29) is 17.7 Å². The summed E-state index contributed by atoms with van der Waals surface area (Å²) in [6, 6.07) is 13.9. The molecule has 2 aromatic heterocycles. The third-order valence-corrected chi connectivity index (χ3v) is 5.78. The largest absolute Gasteiger partial charge is 0.478 e. The molecule has 2 heterocycles. The number of aryl methyl sites for hydroxylation is 1. The normalized spacial score (nSPS) is 11.1. The third-order valence-electron chi connectivity index (χ3n) is 4.51. The van der Waals surface area contributed by atoms with Crippen LogP contribution >= 0.6 is 22.9 Å². The van der Waals surface area contributed by atoms with Crippen molar-refractivity contribution in [2.75, 3.05) is 0 Å². The fourth-order valence-corrected chi connectivity index (χ4v) is 4.34. The van der Waals surface area contributed by atoms with Crippen LogP contribution in [0.25, 0.3) is 21.3 Å². The van der Waals surface area contributed by atoms with Crippen molar-refractivity contribution in [3.8, 4) is 11.1 Å². The predicted octanol–water partition coefficient (Wildman–Crippen LogP) is 4.83. The molecule has 2 aromatic carbocycles. The maximum atomic E-state index is 13.2. The lowest BCUT2D eigenvalue weighted by Gasteiger charge is -2.08. The van der Waals surface area contributed by atoms with Gasteiger partial charge < -0.3 is 5.11 Å². The van der Waals surface area contributed by atoms with Gasteiger partial charge in [-0.25, -0.2) is 9.78 Å². The van der Waals surface area contributed by atoms with Crippen molar-refractivity contribution < 1.29 is 9.90 Å². The first-order valence-corrected chi connectivity index (χ1v) is 9.70. The lowest BCUT2D eigenvalue weighted by atomic mass is 10.0. The number of carboxylic acid groups (broad SMARTS) is 1. The van der Waals surface area contributed by atoms with E-state index in [0.29, 0.717) is 15.2 Å². The van der Waals surface area contributed by atoms with Gasteiger partial charge in [0.2, 0.25) is 0 Å². The van der Waals surface area contributed by atoms with Crippen LogP contribution in [0.1, 0.15) is 20.8 Å². The summed E-state index contributed by atoms with van der Waals surface area (Å²) in [5.41, 5.74) is 2.54. The molecule has 0 fully saturated rings. The molecule has 0 unspecified atom stereocenters. The van der Waals surface area contributed by atoms with Crippen molar-refractivity contribution >= 4 is 39.1 Å². The van der Waals surface area contributed by atoms with Crippen molar-refractivity contribution in [1.29, 1.82) is 0 Å². The Hall–Kier alpha value is -2.96. The van der Waals surface area contributed by atoms with Crippen LogP contribution in [0.3, 0.4) is 0 Å². The number of hydrogen-bond acceptors (Lipinski definition) is 4. The molecule has 0 aliphatic carbocycles. The first-order valence-electron chi connectivity index (χ1n) is 8.51. The molecule has 0 bridgehead atoms. The Morgan fingerprint density at radius 3 is 2.68 bits per heavy atom. The summed E-state index contributed by atoms with van der Waals surface area (Å²) in [6.45, 7) is 2.22. The Morgan fingerprint density at radius 1 is 1.21 bits per heavy atom. The number of aromatic carboxylic acids is 1. The van der Waals surface area contributed by atoms with Gasteiger partial charge in [-0.1, -0.05) is 35.9 Å². The molecule has 0 saturated heterocycles. The van der Waals surface area contributed by atoms with E-state index in [1.807, 2.05) is 19.1 Å². The molecule has 0 radical (unpaired) electrons. The predicted molar refractivity (Wildman–Crippen MR) is 112 cm³/mol. The fourth-order valence-electron chi connectivity index (χ4n) is 3.21. The summed E-state index contributed by atoms with van der Waals surface area (Å²) >= 11 is 7.47. The summed E-state index contributed by atoms with van der Waals surface area (Å²) in [5, 5.41) is 10.4. The van der Waals surface area contributed by atoms with E-state index >= 15 is 0 Å². The summed E-state index contributed by atoms with van der Waals surface area (Å²) in [5.74, 6) is -0.999. The van der Waals surface area contributed by atoms with Crippen molar-refractivity contribution in [2.45, 2.75) is 13.5 Å². The van der Waals surface area contributed by atoms with Gasteiger partial charge in [-0.15, -0.1) is 11.3 Å². The second kappa shape index (κ2) is 7.22. The van der Waals surface area contributed by atoms with Gasteiger partial charge >= 0.3 is 5.97 Å². The van der Waals surface area contributed by atoms with E-state index < -0.39 is 5.97 Å². The Balaban J connectivity index is 1.84. The lowest BCUT2D eigenvalue weighted by molar-refractivity contribution is 0.0696. The molecule has 140 valence electrons. The van der Waals surface area contributed by atoms with Crippen molar-refractivity contribution in [1.82, 2.24) is 9.55 Å². The summed E-state index contributed by atoms with van der Waals surface area (Å²) in [4.78, 5) is 30.5. The van der Waals surface area contributed by atoms with E-state index in [1.165, 1.54) is 28.3 Å². The van der Waals surface area contributed by atoms with E-state index in [9.17, 15) is 9.59 Å². The molecule has 4 rings (SSSR count). The first kappa shape index (κ1) is 18.4.